The van der Waals surface area contributed by atoms with Gasteiger partial charge in [-0.2, -0.15) is 0 Å². The van der Waals surface area contributed by atoms with Crippen molar-refractivity contribution in [3.8, 4) is 11.6 Å². The lowest BCUT2D eigenvalue weighted by atomic mass is 10.1. The first-order valence-electron chi connectivity index (χ1n) is 13.2. The number of hydrogen-bond acceptors (Lipinski definition) is 10. The second-order valence-electron chi connectivity index (χ2n) is 10.2. The molecular formula is C26H29FN6O7. The number of rotatable bonds is 9. The quantitative estimate of drug-likeness (QED) is 0.485. The van der Waals surface area contributed by atoms with E-state index in [4.69, 9.17) is 18.9 Å². The van der Waals surface area contributed by atoms with Crippen LogP contribution in [0, 0.1) is 5.82 Å². The van der Waals surface area contributed by atoms with Gasteiger partial charge in [0.25, 0.3) is 11.8 Å². The summed E-state index contributed by atoms with van der Waals surface area (Å²) in [6, 6.07) is 3.37. The van der Waals surface area contributed by atoms with Crippen molar-refractivity contribution >= 4 is 29.7 Å². The molecule has 2 fully saturated rings. The molecule has 0 bridgehead atoms. The zero-order chi connectivity index (χ0) is 27.8. The molecule has 6 rings (SSSR count). The Bertz CT molecular complexity index is 1340. The van der Waals surface area contributed by atoms with E-state index in [1.165, 1.54) is 17.2 Å². The average molecular weight is 557 g/mol. The lowest BCUT2D eigenvalue weighted by Gasteiger charge is -2.25. The molecule has 4 aliphatic rings. The second-order valence-corrected chi connectivity index (χ2v) is 10.2. The lowest BCUT2D eigenvalue weighted by Crippen LogP contribution is -2.35. The Morgan fingerprint density at radius 3 is 2.90 bits per heavy atom. The molecule has 0 radical (unpaired) electrons. The van der Waals surface area contributed by atoms with Gasteiger partial charge >= 0.3 is 12.2 Å². The monoisotopic (exact) mass is 556 g/mol. The van der Waals surface area contributed by atoms with E-state index in [1.54, 1.807) is 4.90 Å². The standard InChI is InChI=1S/C26H29FN6O7/c1-31(3-2-17-13-33(26(36)40-17)21-12-28-24-23(29-21)30-22(34)14-39-24)16-8-15-9-18(11-20(27)19(15)10-16)37-6-4-32-5-7-38-25(32)35/h9,11-12,16-17H,2-8,10,13-14H2,1H3,(H,29,30,34). The number of halogens is 1. The minimum Gasteiger partial charge on any atom is -0.492 e. The van der Waals surface area contributed by atoms with Crippen LogP contribution in [0.1, 0.15) is 17.5 Å². The van der Waals surface area contributed by atoms with Gasteiger partial charge in [0.05, 0.1) is 25.8 Å². The number of benzene rings is 1. The van der Waals surface area contributed by atoms with Crippen LogP contribution in [0.5, 0.6) is 11.6 Å². The fourth-order valence-corrected chi connectivity index (χ4v) is 5.31. The molecule has 40 heavy (non-hydrogen) atoms. The van der Waals surface area contributed by atoms with E-state index in [0.717, 1.165) is 5.56 Å². The van der Waals surface area contributed by atoms with Crippen molar-refractivity contribution in [2.45, 2.75) is 31.4 Å². The Labute approximate surface area is 229 Å². The number of ether oxygens (including phenoxy) is 4. The largest absolute Gasteiger partial charge is 0.492 e. The minimum atomic E-state index is -0.533. The molecule has 1 aliphatic carbocycles. The van der Waals surface area contributed by atoms with Gasteiger partial charge in [-0.3, -0.25) is 9.69 Å². The molecule has 1 N–H and O–H groups in total. The van der Waals surface area contributed by atoms with E-state index in [1.807, 2.05) is 13.1 Å². The van der Waals surface area contributed by atoms with Gasteiger partial charge in [0.2, 0.25) is 0 Å². The molecule has 3 aliphatic heterocycles. The molecule has 3 amide bonds. The smallest absolute Gasteiger partial charge is 0.415 e. The van der Waals surface area contributed by atoms with Crippen LogP contribution < -0.4 is 19.7 Å². The number of cyclic esters (lactones) is 2. The van der Waals surface area contributed by atoms with Crippen LogP contribution >= 0.6 is 0 Å². The molecule has 2 saturated heterocycles. The molecule has 14 heteroatoms. The Hall–Kier alpha value is -4.20. The van der Waals surface area contributed by atoms with Crippen molar-refractivity contribution in [3.05, 3.63) is 35.3 Å². The number of fused-ring (bicyclic) bond motifs is 2. The van der Waals surface area contributed by atoms with E-state index in [2.05, 4.69) is 20.2 Å². The number of nitrogens with zero attached hydrogens (tertiary/aromatic N) is 5. The number of hydrogen-bond donors (Lipinski definition) is 1. The van der Waals surface area contributed by atoms with Crippen LogP contribution in [0.15, 0.2) is 18.3 Å². The van der Waals surface area contributed by atoms with Crippen LogP contribution in [-0.2, 0) is 27.1 Å². The van der Waals surface area contributed by atoms with Crippen LogP contribution in [0.4, 0.5) is 25.6 Å². The van der Waals surface area contributed by atoms with E-state index in [0.29, 0.717) is 63.4 Å². The predicted octanol–water partition coefficient (Wildman–Crippen LogP) is 1.59. The molecule has 13 nitrogen and oxygen atoms in total. The van der Waals surface area contributed by atoms with Gasteiger partial charge in [-0.1, -0.05) is 0 Å². The van der Waals surface area contributed by atoms with E-state index in [-0.39, 0.29) is 60.7 Å². The fraction of sp³-hybridized carbons (Fsp3) is 0.500. The van der Waals surface area contributed by atoms with Gasteiger partial charge in [-0.05, 0) is 43.5 Å². The van der Waals surface area contributed by atoms with Crippen molar-refractivity contribution < 1.29 is 37.7 Å². The highest BCUT2D eigenvalue weighted by Crippen LogP contribution is 2.32. The third-order valence-corrected chi connectivity index (χ3v) is 7.53. The number of amides is 3. The summed E-state index contributed by atoms with van der Waals surface area (Å²) in [4.78, 5) is 49.2. The highest BCUT2D eigenvalue weighted by molar-refractivity contribution is 5.94. The topological polar surface area (TPSA) is 136 Å². The van der Waals surface area contributed by atoms with Crippen molar-refractivity contribution in [3.63, 3.8) is 0 Å². The SMILES string of the molecule is CN(CCC1CN(c2cnc3c(n2)NC(=O)CO3)C(=O)O1)C1Cc2cc(OCCN3CCOC3=O)cc(F)c2C1. The highest BCUT2D eigenvalue weighted by atomic mass is 19.1. The minimum absolute atomic E-state index is 0.0995. The molecule has 2 atom stereocenters. The summed E-state index contributed by atoms with van der Waals surface area (Å²) in [7, 11) is 1.98. The summed E-state index contributed by atoms with van der Waals surface area (Å²) in [6.45, 7) is 2.36. The first kappa shape index (κ1) is 26.0. The molecule has 1 aromatic carbocycles. The molecule has 1 aromatic heterocycles. The van der Waals surface area contributed by atoms with Gasteiger partial charge < -0.3 is 34.1 Å². The van der Waals surface area contributed by atoms with Crippen LogP contribution in [0.3, 0.4) is 0 Å². The van der Waals surface area contributed by atoms with Crippen molar-refractivity contribution in [1.82, 2.24) is 19.8 Å². The maximum atomic E-state index is 14.9. The van der Waals surface area contributed by atoms with E-state index >= 15 is 0 Å². The molecule has 4 heterocycles. The maximum Gasteiger partial charge on any atom is 0.415 e. The summed E-state index contributed by atoms with van der Waals surface area (Å²) in [5.74, 6) is 0.453. The molecular weight excluding hydrogens is 527 g/mol. The van der Waals surface area contributed by atoms with Gasteiger partial charge in [0.15, 0.2) is 18.2 Å². The number of likely N-dealkylation sites (N-methyl/N-ethyl adjacent to an activating group) is 1. The zero-order valence-corrected chi connectivity index (χ0v) is 21.9. The van der Waals surface area contributed by atoms with Crippen molar-refractivity contribution in [2.75, 3.05) is 63.3 Å². The molecule has 0 spiro atoms. The van der Waals surface area contributed by atoms with Gasteiger partial charge in [-0.15, -0.1) is 0 Å². The summed E-state index contributed by atoms with van der Waals surface area (Å²) < 4.78 is 36.3. The summed E-state index contributed by atoms with van der Waals surface area (Å²) in [6.07, 6.45) is 2.00. The molecule has 2 aromatic rings. The summed E-state index contributed by atoms with van der Waals surface area (Å²) in [5, 5.41) is 2.58. The number of aromatic nitrogens is 2. The Kier molecular flexibility index (Phi) is 7.00. The Morgan fingerprint density at radius 1 is 1.20 bits per heavy atom. The first-order chi connectivity index (χ1) is 19.3. The first-order valence-corrected chi connectivity index (χ1v) is 13.2. The average Bonchev–Trinajstić information content (AvgIpc) is 3.65. The third kappa shape index (κ3) is 5.30. The molecule has 2 unspecified atom stereocenters. The third-order valence-electron chi connectivity index (χ3n) is 7.53. The number of carbonyl (C=O) groups excluding carboxylic acids is 3. The fourth-order valence-electron chi connectivity index (χ4n) is 5.31. The van der Waals surface area contributed by atoms with Gasteiger partial charge in [0, 0.05) is 18.7 Å². The predicted molar refractivity (Wildman–Crippen MR) is 137 cm³/mol. The van der Waals surface area contributed by atoms with Crippen LogP contribution in [0.25, 0.3) is 0 Å². The van der Waals surface area contributed by atoms with Gasteiger partial charge in [0.1, 0.15) is 30.9 Å². The second kappa shape index (κ2) is 10.8. The van der Waals surface area contributed by atoms with E-state index < -0.39 is 6.09 Å². The van der Waals surface area contributed by atoms with Crippen LogP contribution in [0.2, 0.25) is 0 Å². The zero-order valence-electron chi connectivity index (χ0n) is 21.9. The highest BCUT2D eigenvalue weighted by Gasteiger charge is 2.35. The normalized spacial score (nSPS) is 21.6. The number of nitrogens with one attached hydrogen (secondary N) is 1. The molecule has 0 saturated carbocycles. The Balaban J connectivity index is 1.00. The maximum absolute atomic E-state index is 14.9. The number of carbonyl (C=O) groups is 3. The lowest BCUT2D eigenvalue weighted by molar-refractivity contribution is -0.118. The number of anilines is 2. The van der Waals surface area contributed by atoms with Crippen molar-refractivity contribution in [2.24, 2.45) is 0 Å². The van der Waals surface area contributed by atoms with Crippen molar-refractivity contribution in [1.29, 1.82) is 0 Å². The van der Waals surface area contributed by atoms with E-state index in [9.17, 15) is 18.8 Å². The molecule has 212 valence electrons. The summed E-state index contributed by atoms with van der Waals surface area (Å²) in [5.41, 5.74) is 1.60. The van der Waals surface area contributed by atoms with Crippen LogP contribution in [-0.4, -0.2) is 103 Å². The summed E-state index contributed by atoms with van der Waals surface area (Å²) >= 11 is 0. The van der Waals surface area contributed by atoms with Gasteiger partial charge in [-0.25, -0.2) is 23.9 Å². The Morgan fingerprint density at radius 2 is 2.08 bits per heavy atom.